The van der Waals surface area contributed by atoms with Gasteiger partial charge in [0.2, 0.25) is 0 Å². The molecule has 0 aliphatic carbocycles. The van der Waals surface area contributed by atoms with E-state index in [2.05, 4.69) is 5.32 Å². The van der Waals surface area contributed by atoms with Crippen LogP contribution in [-0.4, -0.2) is 24.9 Å². The second-order valence-electron chi connectivity index (χ2n) is 5.11. The zero-order chi connectivity index (χ0) is 13.9. The van der Waals surface area contributed by atoms with Gasteiger partial charge in [0.05, 0.1) is 5.56 Å². The van der Waals surface area contributed by atoms with Gasteiger partial charge in [-0.1, -0.05) is 0 Å². The number of benzene rings is 1. The lowest BCUT2D eigenvalue weighted by Crippen LogP contribution is -2.24. The van der Waals surface area contributed by atoms with Crippen LogP contribution in [0.4, 0.5) is 5.69 Å². The first kappa shape index (κ1) is 14.2. The topological polar surface area (TPSA) is 55.4 Å². The van der Waals surface area contributed by atoms with Gasteiger partial charge < -0.3 is 10.1 Å². The highest BCUT2D eigenvalue weighted by Crippen LogP contribution is 2.22. The Bertz CT molecular complexity index is 473. The number of hydrogen-bond donors (Lipinski definition) is 1. The molecule has 0 aliphatic heterocycles. The van der Waals surface area contributed by atoms with Crippen molar-refractivity contribution < 1.29 is 14.3 Å². The number of hydrogen-bond acceptors (Lipinski definition) is 4. The number of rotatable bonds is 3. The minimum atomic E-state index is -0.555. The van der Waals surface area contributed by atoms with Crippen molar-refractivity contribution in [3.63, 3.8) is 0 Å². The monoisotopic (exact) mass is 249 g/mol. The van der Waals surface area contributed by atoms with E-state index < -0.39 is 11.6 Å². The van der Waals surface area contributed by atoms with Gasteiger partial charge in [-0.3, -0.25) is 4.79 Å². The van der Waals surface area contributed by atoms with Gasteiger partial charge in [-0.05, 0) is 45.4 Å². The Morgan fingerprint density at radius 3 is 2.39 bits per heavy atom. The summed E-state index contributed by atoms with van der Waals surface area (Å²) in [4.78, 5) is 23.0. The molecule has 0 bridgehead atoms. The Morgan fingerprint density at radius 2 is 1.94 bits per heavy atom. The third-order valence-electron chi connectivity index (χ3n) is 2.48. The fourth-order valence-corrected chi connectivity index (χ4v) is 1.55. The van der Waals surface area contributed by atoms with Gasteiger partial charge in [-0.15, -0.1) is 0 Å². The lowest BCUT2D eigenvalue weighted by molar-refractivity contribution is 0.00688. The van der Waals surface area contributed by atoms with E-state index in [0.29, 0.717) is 22.4 Å². The Balaban J connectivity index is 3.22. The predicted octanol–water partition coefficient (Wildman–Crippen LogP) is 2.80. The van der Waals surface area contributed by atoms with Crippen molar-refractivity contribution in [1.82, 2.24) is 0 Å². The molecule has 4 heteroatoms. The van der Waals surface area contributed by atoms with Gasteiger partial charge in [0.15, 0.2) is 0 Å². The average molecular weight is 249 g/mol. The molecule has 1 aromatic carbocycles. The highest BCUT2D eigenvalue weighted by Gasteiger charge is 2.21. The van der Waals surface area contributed by atoms with Crippen LogP contribution < -0.4 is 5.32 Å². The summed E-state index contributed by atoms with van der Waals surface area (Å²) in [7, 11) is 1.73. The molecule has 4 nitrogen and oxygen atoms in total. The molecule has 1 rings (SSSR count). The van der Waals surface area contributed by atoms with Gasteiger partial charge in [0.1, 0.15) is 11.9 Å². The molecular formula is C14H19NO3. The van der Waals surface area contributed by atoms with E-state index in [1.165, 1.54) is 0 Å². The first-order valence-electron chi connectivity index (χ1n) is 5.79. The molecule has 0 heterocycles. The lowest BCUT2D eigenvalue weighted by atomic mass is 10.0. The van der Waals surface area contributed by atoms with Crippen molar-refractivity contribution >= 4 is 17.9 Å². The van der Waals surface area contributed by atoms with Crippen molar-refractivity contribution in [2.45, 2.75) is 33.3 Å². The summed E-state index contributed by atoms with van der Waals surface area (Å²) in [5, 5.41) is 2.92. The van der Waals surface area contributed by atoms with Crippen LogP contribution in [0.3, 0.4) is 0 Å². The number of carbonyl (C=O) groups is 2. The molecule has 0 atom stereocenters. The SMILES string of the molecule is CNc1cc(C=O)c(C)c(C(=O)OC(C)(C)C)c1. The Morgan fingerprint density at radius 1 is 1.33 bits per heavy atom. The molecule has 0 amide bonds. The number of aldehydes is 1. The fraction of sp³-hybridized carbons (Fsp3) is 0.429. The summed E-state index contributed by atoms with van der Waals surface area (Å²) < 4.78 is 5.32. The molecule has 18 heavy (non-hydrogen) atoms. The van der Waals surface area contributed by atoms with Crippen LogP contribution in [0.1, 0.15) is 47.1 Å². The molecule has 0 aliphatic rings. The summed E-state index contributed by atoms with van der Waals surface area (Å²) in [6.45, 7) is 7.16. The van der Waals surface area contributed by atoms with Gasteiger partial charge in [0.25, 0.3) is 0 Å². The smallest absolute Gasteiger partial charge is 0.339 e. The van der Waals surface area contributed by atoms with Gasteiger partial charge in [-0.25, -0.2) is 4.79 Å². The van der Waals surface area contributed by atoms with Crippen molar-refractivity contribution in [1.29, 1.82) is 0 Å². The molecular weight excluding hydrogens is 230 g/mol. The maximum Gasteiger partial charge on any atom is 0.339 e. The summed E-state index contributed by atoms with van der Waals surface area (Å²) in [5.74, 6) is -0.416. The minimum Gasteiger partial charge on any atom is -0.456 e. The summed E-state index contributed by atoms with van der Waals surface area (Å²) >= 11 is 0. The van der Waals surface area contributed by atoms with E-state index >= 15 is 0 Å². The standard InChI is InChI=1S/C14H19NO3/c1-9-10(8-16)6-11(15-5)7-12(9)13(17)18-14(2,3)4/h6-8,15H,1-5H3. The first-order valence-corrected chi connectivity index (χ1v) is 5.79. The molecule has 0 radical (unpaired) electrons. The largest absolute Gasteiger partial charge is 0.456 e. The van der Waals surface area contributed by atoms with Crippen LogP contribution >= 0.6 is 0 Å². The quantitative estimate of drug-likeness (QED) is 0.661. The zero-order valence-corrected chi connectivity index (χ0v) is 11.5. The van der Waals surface area contributed by atoms with E-state index in [9.17, 15) is 9.59 Å². The van der Waals surface area contributed by atoms with Crippen molar-refractivity contribution in [3.8, 4) is 0 Å². The number of ether oxygens (including phenoxy) is 1. The number of carbonyl (C=O) groups excluding carboxylic acids is 2. The Kier molecular flexibility index (Phi) is 4.11. The van der Waals surface area contributed by atoms with E-state index in [0.717, 1.165) is 6.29 Å². The van der Waals surface area contributed by atoms with Crippen molar-refractivity contribution in [2.75, 3.05) is 12.4 Å². The Labute approximate surface area is 107 Å². The minimum absolute atomic E-state index is 0.416. The summed E-state index contributed by atoms with van der Waals surface area (Å²) in [5.41, 5.74) is 1.70. The molecule has 0 saturated heterocycles. The average Bonchev–Trinajstić information content (AvgIpc) is 2.27. The van der Waals surface area contributed by atoms with Crippen LogP contribution in [-0.2, 0) is 4.74 Å². The number of anilines is 1. The lowest BCUT2D eigenvalue weighted by Gasteiger charge is -2.20. The molecule has 0 spiro atoms. The van der Waals surface area contributed by atoms with Gasteiger partial charge in [-0.2, -0.15) is 0 Å². The van der Waals surface area contributed by atoms with Crippen LogP contribution in [0.2, 0.25) is 0 Å². The third kappa shape index (κ3) is 3.32. The van der Waals surface area contributed by atoms with Crippen LogP contribution in [0.15, 0.2) is 12.1 Å². The van der Waals surface area contributed by atoms with Crippen LogP contribution in [0.5, 0.6) is 0 Å². The van der Waals surface area contributed by atoms with E-state index in [4.69, 9.17) is 4.74 Å². The number of nitrogens with one attached hydrogen (secondary N) is 1. The number of esters is 1. The van der Waals surface area contributed by atoms with Crippen molar-refractivity contribution in [2.24, 2.45) is 0 Å². The second-order valence-corrected chi connectivity index (χ2v) is 5.11. The molecule has 0 unspecified atom stereocenters. The maximum atomic E-state index is 12.1. The molecule has 1 aromatic rings. The molecule has 0 fully saturated rings. The predicted molar refractivity (Wildman–Crippen MR) is 71.3 cm³/mol. The zero-order valence-electron chi connectivity index (χ0n) is 11.5. The van der Waals surface area contributed by atoms with Gasteiger partial charge in [0, 0.05) is 18.3 Å². The molecule has 0 saturated carbocycles. The Hall–Kier alpha value is -1.84. The summed E-state index contributed by atoms with van der Waals surface area (Å²) in [6.07, 6.45) is 0.740. The normalized spacial score (nSPS) is 10.9. The third-order valence-corrected chi connectivity index (χ3v) is 2.48. The maximum absolute atomic E-state index is 12.1. The second kappa shape index (κ2) is 5.21. The van der Waals surface area contributed by atoms with Crippen LogP contribution in [0.25, 0.3) is 0 Å². The molecule has 0 aromatic heterocycles. The highest BCUT2D eigenvalue weighted by molar-refractivity contribution is 5.96. The highest BCUT2D eigenvalue weighted by atomic mass is 16.6. The molecule has 1 N–H and O–H groups in total. The van der Waals surface area contributed by atoms with E-state index in [-0.39, 0.29) is 0 Å². The van der Waals surface area contributed by atoms with Gasteiger partial charge >= 0.3 is 5.97 Å². The molecule has 98 valence electrons. The van der Waals surface area contributed by atoms with E-state index in [1.54, 1.807) is 26.1 Å². The first-order chi connectivity index (χ1) is 8.28. The summed E-state index contributed by atoms with van der Waals surface area (Å²) in [6, 6.07) is 3.40. The van der Waals surface area contributed by atoms with E-state index in [1.807, 2.05) is 20.8 Å². The van der Waals surface area contributed by atoms with Crippen LogP contribution in [0, 0.1) is 6.92 Å². The fourth-order valence-electron chi connectivity index (χ4n) is 1.55. The van der Waals surface area contributed by atoms with Crippen molar-refractivity contribution in [3.05, 3.63) is 28.8 Å².